The maximum absolute atomic E-state index is 12.4. The molecule has 8 nitrogen and oxygen atoms in total. The van der Waals surface area contributed by atoms with Gasteiger partial charge in [-0.3, -0.25) is 9.59 Å². The third kappa shape index (κ3) is 14.7. The predicted molar refractivity (Wildman–Crippen MR) is 216 cm³/mol. The van der Waals surface area contributed by atoms with E-state index in [0.717, 1.165) is 45.1 Å². The molecule has 8 heteroatoms. The standard InChI is InChI=1S/C46H58O8/c1-30(15-11-12-16-31(2)18-14-20-33(4)22-24-39-35(6)43(51)40(47)29-46(39,9)10)17-13-19-32(3)21-23-38-34(5)25-37(28-45(38,7)8)54-42(50)27-36(44(52)53)26-41(48)49/h11-24,27,37,40,47H,25-26,28-29H2,1-10H3,(H,48,49)(H,52,53)/b12-11+,17-13+,18-14+,23-21+,24-22+,30-15+,31-16+,32-19+,33-20+,36-27-. The third-order valence-electron chi connectivity index (χ3n) is 9.45. The number of esters is 1. The van der Waals surface area contributed by atoms with Gasteiger partial charge in [0.2, 0.25) is 0 Å². The molecule has 2 rings (SSSR count). The molecule has 0 spiro atoms. The minimum Gasteiger partial charge on any atom is -0.481 e. The molecule has 290 valence electrons. The van der Waals surface area contributed by atoms with Gasteiger partial charge in [-0.15, -0.1) is 0 Å². The maximum atomic E-state index is 12.4. The maximum Gasteiger partial charge on any atom is 0.332 e. The SMILES string of the molecule is CC1=C(/C=C/C(C)=C/C=C/C(C)=C/C=C/C=C(C)/C=C/C=C(C)/C=C/C2=C(C)C(=O)C(O)CC2(C)C)C(C)(C)CC(OC(=O)/C=C(/CC(=O)O)C(=O)O)C1. The van der Waals surface area contributed by atoms with E-state index in [9.17, 15) is 29.4 Å². The van der Waals surface area contributed by atoms with Crippen LogP contribution in [0.15, 0.2) is 141 Å². The van der Waals surface area contributed by atoms with Crippen molar-refractivity contribution in [1.82, 2.24) is 0 Å². The first-order valence-electron chi connectivity index (χ1n) is 18.2. The highest BCUT2D eigenvalue weighted by Crippen LogP contribution is 2.42. The van der Waals surface area contributed by atoms with Crippen molar-refractivity contribution >= 4 is 23.7 Å². The monoisotopic (exact) mass is 738 g/mol. The average Bonchev–Trinajstić information content (AvgIpc) is 3.04. The number of carbonyl (C=O) groups is 4. The summed E-state index contributed by atoms with van der Waals surface area (Å²) in [5.41, 5.74) is 7.03. The Kier molecular flexibility index (Phi) is 17.0. The van der Waals surface area contributed by atoms with Crippen LogP contribution in [0.5, 0.6) is 0 Å². The highest BCUT2D eigenvalue weighted by atomic mass is 16.5. The quantitative estimate of drug-likeness (QED) is 0.0858. The molecule has 0 aromatic rings. The summed E-state index contributed by atoms with van der Waals surface area (Å²) in [5, 5.41) is 28.1. The van der Waals surface area contributed by atoms with Crippen molar-refractivity contribution in [1.29, 1.82) is 0 Å². The van der Waals surface area contributed by atoms with E-state index >= 15 is 0 Å². The predicted octanol–water partition coefficient (Wildman–Crippen LogP) is 9.76. The Balaban J connectivity index is 1.97. The van der Waals surface area contributed by atoms with Crippen LogP contribution < -0.4 is 0 Å². The fourth-order valence-corrected chi connectivity index (χ4v) is 6.62. The first kappa shape index (κ1) is 45.1. The van der Waals surface area contributed by atoms with Gasteiger partial charge in [-0.25, -0.2) is 9.59 Å². The van der Waals surface area contributed by atoms with Crippen molar-refractivity contribution in [3.8, 4) is 0 Å². The van der Waals surface area contributed by atoms with Crippen molar-refractivity contribution < 1.29 is 39.2 Å². The van der Waals surface area contributed by atoms with Gasteiger partial charge in [-0.1, -0.05) is 141 Å². The average molecular weight is 739 g/mol. The Hall–Kier alpha value is -5.08. The highest BCUT2D eigenvalue weighted by Gasteiger charge is 2.37. The highest BCUT2D eigenvalue weighted by molar-refractivity contribution is 6.00. The fourth-order valence-electron chi connectivity index (χ4n) is 6.62. The molecule has 0 heterocycles. The van der Waals surface area contributed by atoms with E-state index in [0.29, 0.717) is 24.8 Å². The molecule has 54 heavy (non-hydrogen) atoms. The Morgan fingerprint density at radius 2 is 1.19 bits per heavy atom. The molecule has 0 aromatic heterocycles. The zero-order chi connectivity index (χ0) is 40.8. The lowest BCUT2D eigenvalue weighted by molar-refractivity contribution is -0.145. The van der Waals surface area contributed by atoms with Crippen molar-refractivity contribution in [3.05, 3.63) is 141 Å². The molecule has 0 saturated heterocycles. The zero-order valence-corrected chi connectivity index (χ0v) is 33.5. The second-order valence-electron chi connectivity index (χ2n) is 15.5. The Morgan fingerprint density at radius 1 is 0.722 bits per heavy atom. The Bertz CT molecular complexity index is 1840. The van der Waals surface area contributed by atoms with Crippen LogP contribution in [-0.2, 0) is 23.9 Å². The van der Waals surface area contributed by atoms with Gasteiger partial charge in [0.1, 0.15) is 12.2 Å². The summed E-state index contributed by atoms with van der Waals surface area (Å²) in [5.74, 6) is -3.84. The van der Waals surface area contributed by atoms with Gasteiger partial charge in [0, 0.05) is 12.5 Å². The normalized spacial score (nSPS) is 22.2. The number of carboxylic acid groups (broad SMARTS) is 2. The second kappa shape index (κ2) is 20.4. The van der Waals surface area contributed by atoms with Crippen LogP contribution in [0.4, 0.5) is 0 Å². The number of allylic oxidation sites excluding steroid dienone is 20. The lowest BCUT2D eigenvalue weighted by atomic mass is 9.71. The molecule has 0 saturated carbocycles. The van der Waals surface area contributed by atoms with E-state index in [4.69, 9.17) is 9.84 Å². The third-order valence-corrected chi connectivity index (χ3v) is 9.45. The number of carboxylic acids is 2. The number of hydrogen-bond donors (Lipinski definition) is 3. The number of Topliss-reactive ketones (excluding diaryl/α,β-unsaturated/α-hetero) is 1. The molecule has 0 bridgehead atoms. The number of hydrogen-bond acceptors (Lipinski definition) is 6. The van der Waals surface area contributed by atoms with Crippen LogP contribution >= 0.6 is 0 Å². The molecule has 2 aliphatic rings. The Morgan fingerprint density at radius 3 is 1.67 bits per heavy atom. The molecule has 0 aromatic carbocycles. The van der Waals surface area contributed by atoms with Gasteiger partial charge in [0.15, 0.2) is 5.78 Å². The summed E-state index contributed by atoms with van der Waals surface area (Å²) >= 11 is 0. The molecule has 2 atom stereocenters. The molecule has 2 unspecified atom stereocenters. The van der Waals surface area contributed by atoms with E-state index in [1.807, 2.05) is 108 Å². The van der Waals surface area contributed by atoms with Crippen molar-refractivity contribution in [2.45, 2.75) is 107 Å². The summed E-state index contributed by atoms with van der Waals surface area (Å²) in [6.07, 6.45) is 28.5. The molecule has 0 radical (unpaired) electrons. The molecule has 2 aliphatic carbocycles. The topological polar surface area (TPSA) is 138 Å². The van der Waals surface area contributed by atoms with Crippen LogP contribution in [-0.4, -0.2) is 51.2 Å². The number of ether oxygens (including phenoxy) is 1. The van der Waals surface area contributed by atoms with Crippen LogP contribution in [0.3, 0.4) is 0 Å². The smallest absolute Gasteiger partial charge is 0.332 e. The molecule has 3 N–H and O–H groups in total. The van der Waals surface area contributed by atoms with E-state index in [-0.39, 0.29) is 16.6 Å². The van der Waals surface area contributed by atoms with E-state index in [1.54, 1.807) is 6.92 Å². The van der Waals surface area contributed by atoms with Gasteiger partial charge >= 0.3 is 17.9 Å². The number of aliphatic hydroxyl groups is 1. The van der Waals surface area contributed by atoms with E-state index in [1.165, 1.54) is 0 Å². The van der Waals surface area contributed by atoms with Crippen LogP contribution in [0, 0.1) is 10.8 Å². The van der Waals surface area contributed by atoms with Gasteiger partial charge in [0.05, 0.1) is 12.0 Å². The molecule has 0 aliphatic heterocycles. The Labute approximate surface area is 321 Å². The summed E-state index contributed by atoms with van der Waals surface area (Å²) in [6, 6.07) is 0. The number of ketones is 1. The first-order valence-corrected chi connectivity index (χ1v) is 18.2. The number of carbonyl (C=O) groups excluding carboxylic acids is 2. The van der Waals surface area contributed by atoms with Crippen molar-refractivity contribution in [2.24, 2.45) is 10.8 Å². The summed E-state index contributed by atoms with van der Waals surface area (Å²) in [7, 11) is 0. The molecular weight excluding hydrogens is 680 g/mol. The number of aliphatic carboxylic acids is 2. The van der Waals surface area contributed by atoms with Gasteiger partial charge in [-0.05, 0) is 81.9 Å². The fraction of sp³-hybridized carbons (Fsp3) is 0.391. The van der Waals surface area contributed by atoms with E-state index < -0.39 is 42.1 Å². The van der Waals surface area contributed by atoms with Gasteiger partial charge in [0.25, 0.3) is 0 Å². The molecule has 0 fully saturated rings. The lowest BCUT2D eigenvalue weighted by Gasteiger charge is -2.37. The number of rotatable bonds is 15. The van der Waals surface area contributed by atoms with Crippen LogP contribution in [0.2, 0.25) is 0 Å². The molecular formula is C46H58O8. The zero-order valence-electron chi connectivity index (χ0n) is 33.5. The van der Waals surface area contributed by atoms with Crippen LogP contribution in [0.1, 0.15) is 94.9 Å². The van der Waals surface area contributed by atoms with Gasteiger partial charge < -0.3 is 20.1 Å². The van der Waals surface area contributed by atoms with Crippen LogP contribution in [0.25, 0.3) is 0 Å². The minimum absolute atomic E-state index is 0.189. The second-order valence-corrected chi connectivity index (χ2v) is 15.5. The van der Waals surface area contributed by atoms with Gasteiger partial charge in [-0.2, -0.15) is 0 Å². The largest absolute Gasteiger partial charge is 0.481 e. The minimum atomic E-state index is -1.46. The summed E-state index contributed by atoms with van der Waals surface area (Å²) < 4.78 is 5.53. The van der Waals surface area contributed by atoms with Crippen molar-refractivity contribution in [3.63, 3.8) is 0 Å². The summed E-state index contributed by atoms with van der Waals surface area (Å²) in [6.45, 7) is 20.1. The lowest BCUT2D eigenvalue weighted by Crippen LogP contribution is -2.35. The summed E-state index contributed by atoms with van der Waals surface area (Å²) in [4.78, 5) is 46.9. The van der Waals surface area contributed by atoms with Crippen molar-refractivity contribution in [2.75, 3.05) is 0 Å². The van der Waals surface area contributed by atoms with E-state index in [2.05, 4.69) is 39.8 Å². The molecule has 0 amide bonds. The first-order chi connectivity index (χ1) is 25.1. The number of aliphatic hydroxyl groups excluding tert-OH is 1.